The highest BCUT2D eigenvalue weighted by Gasteiger charge is 2.34. The predicted molar refractivity (Wildman–Crippen MR) is 161 cm³/mol. The fourth-order valence-corrected chi connectivity index (χ4v) is 8.75. The lowest BCUT2D eigenvalue weighted by Gasteiger charge is -2.28. The van der Waals surface area contributed by atoms with Crippen LogP contribution in [0.25, 0.3) is 44.5 Å². The normalized spacial score (nSPS) is 11.8. The second kappa shape index (κ2) is 9.14. The molecular weight excluding hydrogens is 479 g/mol. The molecule has 38 heavy (non-hydrogen) atoms. The topological polar surface area (TPSA) is 17.1 Å². The Morgan fingerprint density at radius 2 is 0.658 bits per heavy atom. The largest absolute Gasteiger partial charge is 0.309 e. The number of fused-ring (bicyclic) bond motifs is 8. The van der Waals surface area contributed by atoms with Gasteiger partial charge in [0.05, 0.1) is 0 Å². The third-order valence-electron chi connectivity index (χ3n) is 7.54. The number of hydrogen-bond donors (Lipinski definition) is 0. The SMILES string of the molecule is O=P(c1ccccc1)(c1ccccc1)c1cccc2c1-c1ccccc1-c1ccccc1-c1ccccc1-2. The quantitative estimate of drug-likeness (QED) is 0.221. The molecule has 0 aliphatic heterocycles. The summed E-state index contributed by atoms with van der Waals surface area (Å²) in [4.78, 5) is 0. The van der Waals surface area contributed by atoms with Gasteiger partial charge in [-0.05, 0) is 38.9 Å². The van der Waals surface area contributed by atoms with Crippen molar-refractivity contribution >= 4 is 23.1 Å². The fraction of sp³-hybridized carbons (Fsp3) is 0. The molecule has 0 saturated carbocycles. The molecule has 0 heterocycles. The monoisotopic (exact) mass is 504 g/mol. The van der Waals surface area contributed by atoms with Crippen LogP contribution < -0.4 is 15.9 Å². The van der Waals surface area contributed by atoms with E-state index in [0.29, 0.717) is 0 Å². The molecule has 1 aliphatic carbocycles. The van der Waals surface area contributed by atoms with Crippen LogP contribution in [0.1, 0.15) is 0 Å². The molecule has 0 bridgehead atoms. The van der Waals surface area contributed by atoms with Crippen molar-refractivity contribution in [2.75, 3.05) is 0 Å². The van der Waals surface area contributed by atoms with Gasteiger partial charge in [-0.2, -0.15) is 0 Å². The van der Waals surface area contributed by atoms with Crippen molar-refractivity contribution in [3.05, 3.63) is 152 Å². The molecule has 6 aromatic rings. The Hall–Kier alpha value is -4.45. The zero-order valence-electron chi connectivity index (χ0n) is 20.8. The van der Waals surface area contributed by atoms with Crippen molar-refractivity contribution in [3.63, 3.8) is 0 Å². The molecule has 0 amide bonds. The molecule has 0 aromatic heterocycles. The van der Waals surface area contributed by atoms with Gasteiger partial charge in [0.15, 0.2) is 7.14 Å². The summed E-state index contributed by atoms with van der Waals surface area (Å²) in [5.41, 5.74) is 9.13. The maximum absolute atomic E-state index is 15.7. The Morgan fingerprint density at radius 1 is 0.316 bits per heavy atom. The van der Waals surface area contributed by atoms with E-state index < -0.39 is 7.14 Å². The lowest BCUT2D eigenvalue weighted by Crippen LogP contribution is -2.27. The van der Waals surface area contributed by atoms with E-state index in [2.05, 4.69) is 91.0 Å². The molecule has 0 radical (unpaired) electrons. The van der Waals surface area contributed by atoms with Crippen LogP contribution in [-0.4, -0.2) is 0 Å². The van der Waals surface area contributed by atoms with Gasteiger partial charge in [-0.15, -0.1) is 0 Å². The Bertz CT molecular complexity index is 1790. The van der Waals surface area contributed by atoms with Crippen LogP contribution in [0.15, 0.2) is 152 Å². The summed E-state index contributed by atoms with van der Waals surface area (Å²) in [5.74, 6) is 0. The molecule has 180 valence electrons. The maximum atomic E-state index is 15.7. The van der Waals surface area contributed by atoms with Gasteiger partial charge in [-0.3, -0.25) is 0 Å². The molecule has 2 heteroatoms. The first-order valence-electron chi connectivity index (χ1n) is 12.9. The Morgan fingerprint density at radius 3 is 1.13 bits per heavy atom. The number of rotatable bonds is 3. The van der Waals surface area contributed by atoms with E-state index in [1.54, 1.807) is 0 Å². The van der Waals surface area contributed by atoms with Gasteiger partial charge in [-0.25, -0.2) is 0 Å². The third kappa shape index (κ3) is 3.44. The zero-order chi connectivity index (χ0) is 25.5. The van der Waals surface area contributed by atoms with Crippen LogP contribution >= 0.6 is 7.14 Å². The smallest absolute Gasteiger partial charge is 0.171 e. The predicted octanol–water partition coefficient (Wildman–Crippen LogP) is 8.31. The summed E-state index contributed by atoms with van der Waals surface area (Å²) in [6.07, 6.45) is 0. The lowest BCUT2D eigenvalue weighted by atomic mass is 9.81. The van der Waals surface area contributed by atoms with Crippen LogP contribution in [0.2, 0.25) is 0 Å². The van der Waals surface area contributed by atoms with Crippen LogP contribution in [0.5, 0.6) is 0 Å². The van der Waals surface area contributed by atoms with Crippen molar-refractivity contribution in [2.45, 2.75) is 0 Å². The van der Waals surface area contributed by atoms with Crippen LogP contribution in [0, 0.1) is 0 Å². The lowest BCUT2D eigenvalue weighted by molar-refractivity contribution is 0.592. The van der Waals surface area contributed by atoms with Crippen molar-refractivity contribution in [2.24, 2.45) is 0 Å². The Balaban J connectivity index is 1.66. The molecule has 1 aliphatic rings. The number of hydrogen-bond acceptors (Lipinski definition) is 1. The fourth-order valence-electron chi connectivity index (χ4n) is 5.85. The molecule has 0 N–H and O–H groups in total. The van der Waals surface area contributed by atoms with Crippen LogP contribution in [-0.2, 0) is 4.57 Å². The van der Waals surface area contributed by atoms with E-state index >= 15 is 4.57 Å². The number of benzene rings is 6. The first-order chi connectivity index (χ1) is 18.8. The Kier molecular flexibility index (Phi) is 5.46. The van der Waals surface area contributed by atoms with Crippen LogP contribution in [0.4, 0.5) is 0 Å². The molecule has 0 atom stereocenters. The van der Waals surface area contributed by atoms with Gasteiger partial charge in [0, 0.05) is 21.5 Å². The van der Waals surface area contributed by atoms with Crippen molar-refractivity contribution < 1.29 is 4.57 Å². The Labute approximate surface area is 223 Å². The van der Waals surface area contributed by atoms with E-state index in [1.807, 2.05) is 60.7 Å². The van der Waals surface area contributed by atoms with Gasteiger partial charge in [-0.1, -0.05) is 152 Å². The molecule has 0 unspecified atom stereocenters. The third-order valence-corrected chi connectivity index (χ3v) is 10.6. The molecule has 0 saturated heterocycles. The average molecular weight is 505 g/mol. The van der Waals surface area contributed by atoms with Gasteiger partial charge >= 0.3 is 0 Å². The van der Waals surface area contributed by atoms with Gasteiger partial charge in [0.1, 0.15) is 0 Å². The first kappa shape index (κ1) is 22.7. The van der Waals surface area contributed by atoms with Crippen molar-refractivity contribution in [1.82, 2.24) is 0 Å². The van der Waals surface area contributed by atoms with E-state index in [1.165, 1.54) is 16.7 Å². The highest BCUT2D eigenvalue weighted by molar-refractivity contribution is 7.85. The summed E-state index contributed by atoms with van der Waals surface area (Å²) in [5, 5.41) is 2.55. The minimum Gasteiger partial charge on any atom is -0.309 e. The first-order valence-corrected chi connectivity index (χ1v) is 14.6. The molecular formula is C36H25OP. The summed E-state index contributed by atoms with van der Waals surface area (Å²) < 4.78 is 15.7. The van der Waals surface area contributed by atoms with Crippen molar-refractivity contribution in [3.8, 4) is 44.5 Å². The molecule has 0 spiro atoms. The zero-order valence-corrected chi connectivity index (χ0v) is 21.7. The van der Waals surface area contributed by atoms with Gasteiger partial charge < -0.3 is 4.57 Å². The highest BCUT2D eigenvalue weighted by atomic mass is 31.2. The van der Waals surface area contributed by atoms with E-state index in [9.17, 15) is 0 Å². The second-order valence-corrected chi connectivity index (χ2v) is 12.3. The minimum atomic E-state index is -3.22. The van der Waals surface area contributed by atoms with E-state index in [0.717, 1.165) is 43.7 Å². The molecule has 7 rings (SSSR count). The minimum absolute atomic E-state index is 0.841. The molecule has 6 aromatic carbocycles. The summed E-state index contributed by atoms with van der Waals surface area (Å²) in [7, 11) is -3.22. The van der Waals surface area contributed by atoms with E-state index in [-0.39, 0.29) is 0 Å². The van der Waals surface area contributed by atoms with Gasteiger partial charge in [0.25, 0.3) is 0 Å². The van der Waals surface area contributed by atoms with Crippen molar-refractivity contribution in [1.29, 1.82) is 0 Å². The highest BCUT2D eigenvalue weighted by Crippen LogP contribution is 2.52. The molecule has 1 nitrogen and oxygen atoms in total. The molecule has 0 fully saturated rings. The summed E-state index contributed by atoms with van der Waals surface area (Å²) in [6.45, 7) is 0. The summed E-state index contributed by atoms with van der Waals surface area (Å²) in [6, 6.07) is 52.0. The van der Waals surface area contributed by atoms with E-state index in [4.69, 9.17) is 0 Å². The van der Waals surface area contributed by atoms with Gasteiger partial charge in [0.2, 0.25) is 0 Å². The average Bonchev–Trinajstić information content (AvgIpc) is 3.00. The van der Waals surface area contributed by atoms with Crippen LogP contribution in [0.3, 0.4) is 0 Å². The second-order valence-electron chi connectivity index (χ2n) is 9.62. The standard InChI is InChI=1S/C36H25OP/c37-38(26-14-3-1-4-15-26,27-16-5-2-6-17-27)35-25-13-24-34-32-21-10-9-20-30(32)28-18-7-8-19-29(28)31-22-11-12-23-33(31)36(34)35/h1-25H. The maximum Gasteiger partial charge on any atom is 0.171 e. The summed E-state index contributed by atoms with van der Waals surface area (Å²) >= 11 is 0.